The third kappa shape index (κ3) is 2.79. The fraction of sp³-hybridized carbons (Fsp3) is 0.684. The molecule has 0 amide bonds. The van der Waals surface area contributed by atoms with Gasteiger partial charge in [0.25, 0.3) is 0 Å². The molecule has 2 aliphatic rings. The Bertz CT molecular complexity index is 436. The summed E-state index contributed by atoms with van der Waals surface area (Å²) in [6.07, 6.45) is 7.15. The highest BCUT2D eigenvalue weighted by Crippen LogP contribution is 2.49. The van der Waals surface area contributed by atoms with Gasteiger partial charge in [-0.05, 0) is 62.8 Å². The lowest BCUT2D eigenvalue weighted by Gasteiger charge is -2.32. The van der Waals surface area contributed by atoms with Gasteiger partial charge in [-0.25, -0.2) is 0 Å². The second kappa shape index (κ2) is 5.89. The third-order valence-electron chi connectivity index (χ3n) is 5.79. The van der Waals surface area contributed by atoms with E-state index in [4.69, 9.17) is 0 Å². The summed E-state index contributed by atoms with van der Waals surface area (Å²) in [5.74, 6) is 2.99. The Hall–Kier alpha value is -0.820. The number of benzene rings is 1. The lowest BCUT2D eigenvalue weighted by Crippen LogP contribution is -2.38. The van der Waals surface area contributed by atoms with Crippen LogP contribution in [0.25, 0.3) is 0 Å². The Morgan fingerprint density at radius 3 is 2.45 bits per heavy atom. The molecule has 1 aromatic carbocycles. The van der Waals surface area contributed by atoms with Crippen LogP contribution in [0.15, 0.2) is 24.3 Å². The lowest BCUT2D eigenvalue weighted by molar-refractivity contribution is 0.243. The maximum absolute atomic E-state index is 3.93. The van der Waals surface area contributed by atoms with Crippen molar-refractivity contribution in [3.05, 3.63) is 35.4 Å². The van der Waals surface area contributed by atoms with Crippen LogP contribution in [0.4, 0.5) is 0 Å². The highest BCUT2D eigenvalue weighted by molar-refractivity contribution is 5.24. The molecule has 110 valence electrons. The normalized spacial score (nSPS) is 31.4. The lowest BCUT2D eigenvalue weighted by atomic mass is 9.83. The number of aryl methyl sites for hydroxylation is 1. The summed E-state index contributed by atoms with van der Waals surface area (Å²) in [6.45, 7) is 6.88. The predicted molar refractivity (Wildman–Crippen MR) is 85.7 cm³/mol. The molecule has 20 heavy (non-hydrogen) atoms. The van der Waals surface area contributed by atoms with Crippen LogP contribution in [0.2, 0.25) is 0 Å². The van der Waals surface area contributed by atoms with Gasteiger partial charge in [0.05, 0.1) is 0 Å². The first-order valence-corrected chi connectivity index (χ1v) is 8.50. The quantitative estimate of drug-likeness (QED) is 0.806. The molecule has 0 radical (unpaired) electrons. The standard InChI is InChI=1S/C19H29N/c1-4-19(16-8-5-13(2)6-9-16)20-14(3)18-12-15-7-10-17(18)11-15/h5-6,8-9,14-15,17-20H,4,7,10-12H2,1-3H3. The van der Waals surface area contributed by atoms with Crippen molar-refractivity contribution in [1.29, 1.82) is 0 Å². The molecule has 0 heterocycles. The number of hydrogen-bond donors (Lipinski definition) is 1. The maximum atomic E-state index is 3.93. The Balaban J connectivity index is 1.64. The third-order valence-corrected chi connectivity index (χ3v) is 5.79. The average Bonchev–Trinajstić information content (AvgIpc) is 3.08. The van der Waals surface area contributed by atoms with E-state index in [9.17, 15) is 0 Å². The number of hydrogen-bond acceptors (Lipinski definition) is 1. The van der Waals surface area contributed by atoms with Crippen molar-refractivity contribution in [2.45, 2.75) is 65.0 Å². The van der Waals surface area contributed by atoms with Crippen LogP contribution in [-0.4, -0.2) is 6.04 Å². The van der Waals surface area contributed by atoms with E-state index < -0.39 is 0 Å². The first kappa shape index (κ1) is 14.1. The van der Waals surface area contributed by atoms with Crippen LogP contribution < -0.4 is 5.32 Å². The molecule has 1 heteroatoms. The van der Waals surface area contributed by atoms with Gasteiger partial charge in [0.1, 0.15) is 0 Å². The van der Waals surface area contributed by atoms with Crippen LogP contribution in [0.5, 0.6) is 0 Å². The zero-order valence-corrected chi connectivity index (χ0v) is 13.2. The largest absolute Gasteiger partial charge is 0.307 e. The van der Waals surface area contributed by atoms with E-state index in [-0.39, 0.29) is 0 Å². The van der Waals surface area contributed by atoms with Gasteiger partial charge in [0.2, 0.25) is 0 Å². The average molecular weight is 271 g/mol. The van der Waals surface area contributed by atoms with Crippen molar-refractivity contribution >= 4 is 0 Å². The molecule has 0 aromatic heterocycles. The zero-order chi connectivity index (χ0) is 14.1. The Morgan fingerprint density at radius 1 is 1.15 bits per heavy atom. The second-order valence-corrected chi connectivity index (χ2v) is 7.17. The molecular formula is C19H29N. The molecule has 5 unspecified atom stereocenters. The topological polar surface area (TPSA) is 12.0 Å². The van der Waals surface area contributed by atoms with Gasteiger partial charge in [0.15, 0.2) is 0 Å². The molecule has 2 aliphatic carbocycles. The molecular weight excluding hydrogens is 242 g/mol. The first-order chi connectivity index (χ1) is 9.67. The van der Waals surface area contributed by atoms with E-state index in [1.165, 1.54) is 43.2 Å². The van der Waals surface area contributed by atoms with Gasteiger partial charge in [-0.3, -0.25) is 0 Å². The van der Waals surface area contributed by atoms with Gasteiger partial charge >= 0.3 is 0 Å². The summed E-state index contributed by atoms with van der Waals surface area (Å²) in [5.41, 5.74) is 2.80. The molecule has 5 atom stereocenters. The fourth-order valence-corrected chi connectivity index (χ4v) is 4.60. The van der Waals surface area contributed by atoms with Crippen molar-refractivity contribution in [2.24, 2.45) is 17.8 Å². The summed E-state index contributed by atoms with van der Waals surface area (Å²) in [5, 5.41) is 3.93. The molecule has 2 bridgehead atoms. The number of fused-ring (bicyclic) bond motifs is 2. The SMILES string of the molecule is CCC(NC(C)C1CC2CCC1C2)c1ccc(C)cc1. The summed E-state index contributed by atoms with van der Waals surface area (Å²) in [7, 11) is 0. The van der Waals surface area contributed by atoms with E-state index in [0.717, 1.165) is 17.8 Å². The highest BCUT2D eigenvalue weighted by Gasteiger charge is 2.41. The molecule has 1 N–H and O–H groups in total. The summed E-state index contributed by atoms with van der Waals surface area (Å²) >= 11 is 0. The van der Waals surface area contributed by atoms with E-state index in [0.29, 0.717) is 12.1 Å². The molecule has 3 rings (SSSR count). The Kier molecular flexibility index (Phi) is 4.16. The smallest absolute Gasteiger partial charge is 0.0320 e. The monoisotopic (exact) mass is 271 g/mol. The van der Waals surface area contributed by atoms with Gasteiger partial charge in [0, 0.05) is 12.1 Å². The molecule has 1 aromatic rings. The van der Waals surface area contributed by atoms with Crippen molar-refractivity contribution in [3.8, 4) is 0 Å². The predicted octanol–water partition coefficient (Wildman–Crippen LogP) is 4.86. The summed E-state index contributed by atoms with van der Waals surface area (Å²) in [4.78, 5) is 0. The maximum Gasteiger partial charge on any atom is 0.0320 e. The second-order valence-electron chi connectivity index (χ2n) is 7.17. The van der Waals surface area contributed by atoms with Crippen LogP contribution >= 0.6 is 0 Å². The number of nitrogens with one attached hydrogen (secondary N) is 1. The summed E-state index contributed by atoms with van der Waals surface area (Å²) < 4.78 is 0. The van der Waals surface area contributed by atoms with Gasteiger partial charge < -0.3 is 5.32 Å². The molecule has 0 saturated heterocycles. The van der Waals surface area contributed by atoms with Crippen LogP contribution in [0.3, 0.4) is 0 Å². The van der Waals surface area contributed by atoms with E-state index in [1.54, 1.807) is 0 Å². The minimum Gasteiger partial charge on any atom is -0.307 e. The van der Waals surface area contributed by atoms with Gasteiger partial charge in [-0.2, -0.15) is 0 Å². The Morgan fingerprint density at radius 2 is 1.90 bits per heavy atom. The molecule has 0 spiro atoms. The zero-order valence-electron chi connectivity index (χ0n) is 13.2. The van der Waals surface area contributed by atoms with Crippen molar-refractivity contribution < 1.29 is 0 Å². The molecule has 1 nitrogen and oxygen atoms in total. The van der Waals surface area contributed by atoms with Crippen LogP contribution in [0.1, 0.15) is 63.1 Å². The molecule has 0 aliphatic heterocycles. The van der Waals surface area contributed by atoms with Crippen molar-refractivity contribution in [3.63, 3.8) is 0 Å². The van der Waals surface area contributed by atoms with E-state index in [2.05, 4.69) is 50.4 Å². The number of rotatable bonds is 5. The van der Waals surface area contributed by atoms with Gasteiger partial charge in [-0.15, -0.1) is 0 Å². The Labute approximate surface area is 124 Å². The minimum atomic E-state index is 0.518. The summed E-state index contributed by atoms with van der Waals surface area (Å²) in [6, 6.07) is 10.2. The highest BCUT2D eigenvalue weighted by atomic mass is 15.0. The van der Waals surface area contributed by atoms with Crippen molar-refractivity contribution in [1.82, 2.24) is 5.32 Å². The fourth-order valence-electron chi connectivity index (χ4n) is 4.60. The van der Waals surface area contributed by atoms with E-state index in [1.807, 2.05) is 0 Å². The molecule has 2 fully saturated rings. The van der Waals surface area contributed by atoms with Gasteiger partial charge in [-0.1, -0.05) is 43.2 Å². The molecule has 2 saturated carbocycles. The van der Waals surface area contributed by atoms with E-state index >= 15 is 0 Å². The minimum absolute atomic E-state index is 0.518. The van der Waals surface area contributed by atoms with Crippen molar-refractivity contribution in [2.75, 3.05) is 0 Å². The van der Waals surface area contributed by atoms with Crippen LogP contribution in [0, 0.1) is 24.7 Å². The van der Waals surface area contributed by atoms with Crippen LogP contribution in [-0.2, 0) is 0 Å². The first-order valence-electron chi connectivity index (χ1n) is 8.50.